The lowest BCUT2D eigenvalue weighted by molar-refractivity contribution is 0.0696. The van der Waals surface area contributed by atoms with Crippen molar-refractivity contribution in [1.82, 2.24) is 4.98 Å². The summed E-state index contributed by atoms with van der Waals surface area (Å²) >= 11 is 0. The Morgan fingerprint density at radius 2 is 2.16 bits per heavy atom. The summed E-state index contributed by atoms with van der Waals surface area (Å²) in [5.74, 6) is 0.0481. The zero-order chi connectivity index (χ0) is 13.8. The van der Waals surface area contributed by atoms with Crippen LogP contribution in [-0.4, -0.2) is 42.4 Å². The third kappa shape index (κ3) is 3.44. The minimum atomic E-state index is -0.906. The highest BCUT2D eigenvalue weighted by Gasteiger charge is 2.16. The number of pyridine rings is 1. The molecule has 5 nitrogen and oxygen atoms in total. The molecule has 1 fully saturated rings. The van der Waals surface area contributed by atoms with Crippen molar-refractivity contribution in [2.45, 2.75) is 26.2 Å². The molecule has 2 rings (SSSR count). The standard InChI is InChI=1S/C14H20N2O3/c1-10(2)12-8-11(14(17)18)9-13(15-12)16-4-3-6-19-7-5-16/h8-10H,3-7H2,1-2H3,(H,17,18). The van der Waals surface area contributed by atoms with Crippen molar-refractivity contribution < 1.29 is 14.6 Å². The van der Waals surface area contributed by atoms with E-state index < -0.39 is 5.97 Å². The molecule has 104 valence electrons. The van der Waals surface area contributed by atoms with Gasteiger partial charge in [0.25, 0.3) is 0 Å². The van der Waals surface area contributed by atoms with E-state index in [9.17, 15) is 9.90 Å². The molecule has 0 unspecified atom stereocenters. The molecular formula is C14H20N2O3. The Balaban J connectivity index is 2.34. The topological polar surface area (TPSA) is 62.7 Å². The Morgan fingerprint density at radius 3 is 2.84 bits per heavy atom. The van der Waals surface area contributed by atoms with Crippen LogP contribution in [0.4, 0.5) is 5.82 Å². The lowest BCUT2D eigenvalue weighted by atomic mass is 10.1. The SMILES string of the molecule is CC(C)c1cc(C(=O)O)cc(N2CCCOCC2)n1. The van der Waals surface area contributed by atoms with Crippen molar-refractivity contribution in [2.75, 3.05) is 31.2 Å². The summed E-state index contributed by atoms with van der Waals surface area (Å²) in [5, 5.41) is 9.20. The summed E-state index contributed by atoms with van der Waals surface area (Å²) in [6, 6.07) is 3.31. The van der Waals surface area contributed by atoms with Crippen LogP contribution in [-0.2, 0) is 4.74 Å². The van der Waals surface area contributed by atoms with Crippen LogP contribution >= 0.6 is 0 Å². The van der Waals surface area contributed by atoms with E-state index in [0.717, 1.165) is 37.6 Å². The van der Waals surface area contributed by atoms with Gasteiger partial charge in [-0.15, -0.1) is 0 Å². The Kier molecular flexibility index (Phi) is 4.37. The van der Waals surface area contributed by atoms with E-state index in [1.165, 1.54) is 0 Å². The third-order valence-corrected chi connectivity index (χ3v) is 3.22. The van der Waals surface area contributed by atoms with Gasteiger partial charge in [-0.1, -0.05) is 13.8 Å². The van der Waals surface area contributed by atoms with Gasteiger partial charge in [-0.3, -0.25) is 0 Å². The first-order valence-electron chi connectivity index (χ1n) is 6.66. The first-order valence-corrected chi connectivity index (χ1v) is 6.66. The normalized spacial score (nSPS) is 16.5. The second-order valence-corrected chi connectivity index (χ2v) is 5.05. The van der Waals surface area contributed by atoms with Crippen molar-refractivity contribution in [1.29, 1.82) is 0 Å². The van der Waals surface area contributed by atoms with Crippen molar-refractivity contribution in [2.24, 2.45) is 0 Å². The zero-order valence-corrected chi connectivity index (χ0v) is 11.4. The van der Waals surface area contributed by atoms with Crippen LogP contribution in [0, 0.1) is 0 Å². The van der Waals surface area contributed by atoms with Crippen LogP contribution < -0.4 is 4.90 Å². The number of carboxylic acid groups (broad SMARTS) is 1. The van der Waals surface area contributed by atoms with E-state index in [4.69, 9.17) is 4.74 Å². The maximum Gasteiger partial charge on any atom is 0.335 e. The second kappa shape index (κ2) is 6.02. The summed E-state index contributed by atoms with van der Waals surface area (Å²) < 4.78 is 5.42. The van der Waals surface area contributed by atoms with Crippen molar-refractivity contribution in [3.05, 3.63) is 23.4 Å². The van der Waals surface area contributed by atoms with Crippen molar-refractivity contribution >= 4 is 11.8 Å². The van der Waals surface area contributed by atoms with Gasteiger partial charge in [-0.2, -0.15) is 0 Å². The number of aromatic carboxylic acids is 1. The summed E-state index contributed by atoms with van der Waals surface area (Å²) in [5.41, 5.74) is 1.12. The molecule has 1 saturated heterocycles. The molecule has 1 N–H and O–H groups in total. The van der Waals surface area contributed by atoms with Gasteiger partial charge in [-0.25, -0.2) is 9.78 Å². The number of hydrogen-bond acceptors (Lipinski definition) is 4. The highest BCUT2D eigenvalue weighted by Crippen LogP contribution is 2.21. The Hall–Kier alpha value is -1.62. The van der Waals surface area contributed by atoms with Gasteiger partial charge in [0.1, 0.15) is 5.82 Å². The fraction of sp³-hybridized carbons (Fsp3) is 0.571. The smallest absolute Gasteiger partial charge is 0.335 e. The number of rotatable bonds is 3. The van der Waals surface area contributed by atoms with E-state index in [1.807, 2.05) is 13.8 Å². The molecule has 0 radical (unpaired) electrons. The van der Waals surface area contributed by atoms with Crippen LogP contribution in [0.25, 0.3) is 0 Å². The molecule has 1 aliphatic heterocycles. The predicted octanol–water partition coefficient (Wildman–Crippen LogP) is 2.13. The highest BCUT2D eigenvalue weighted by molar-refractivity contribution is 5.88. The monoisotopic (exact) mass is 264 g/mol. The number of ether oxygens (including phenoxy) is 1. The number of hydrogen-bond donors (Lipinski definition) is 1. The molecule has 0 amide bonds. The molecule has 1 aromatic rings. The first-order chi connectivity index (χ1) is 9.08. The zero-order valence-electron chi connectivity index (χ0n) is 11.4. The van der Waals surface area contributed by atoms with Crippen molar-refractivity contribution in [3.63, 3.8) is 0 Å². The van der Waals surface area contributed by atoms with Gasteiger partial charge in [0, 0.05) is 25.4 Å². The van der Waals surface area contributed by atoms with E-state index >= 15 is 0 Å². The summed E-state index contributed by atoms with van der Waals surface area (Å²) in [4.78, 5) is 17.9. The summed E-state index contributed by atoms with van der Waals surface area (Å²) in [6.45, 7) is 7.07. The van der Waals surface area contributed by atoms with Crippen molar-refractivity contribution in [3.8, 4) is 0 Å². The van der Waals surface area contributed by atoms with Gasteiger partial charge < -0.3 is 14.7 Å². The summed E-state index contributed by atoms with van der Waals surface area (Å²) in [6.07, 6.45) is 0.940. The largest absolute Gasteiger partial charge is 0.478 e. The highest BCUT2D eigenvalue weighted by atomic mass is 16.5. The minimum Gasteiger partial charge on any atom is -0.478 e. The Bertz CT molecular complexity index is 452. The minimum absolute atomic E-state index is 0.210. The molecule has 0 bridgehead atoms. The maximum absolute atomic E-state index is 11.2. The van der Waals surface area contributed by atoms with Gasteiger partial charge in [0.2, 0.25) is 0 Å². The third-order valence-electron chi connectivity index (χ3n) is 3.22. The molecule has 5 heteroatoms. The van der Waals surface area contributed by atoms with Gasteiger partial charge in [0.05, 0.1) is 12.2 Å². The fourth-order valence-corrected chi connectivity index (χ4v) is 2.09. The number of carboxylic acids is 1. The second-order valence-electron chi connectivity index (χ2n) is 5.05. The van der Waals surface area contributed by atoms with Crippen LogP contribution in [0.3, 0.4) is 0 Å². The molecule has 1 aliphatic rings. The molecule has 19 heavy (non-hydrogen) atoms. The molecule has 0 saturated carbocycles. The van der Waals surface area contributed by atoms with E-state index in [1.54, 1.807) is 12.1 Å². The van der Waals surface area contributed by atoms with Gasteiger partial charge in [0.15, 0.2) is 0 Å². The van der Waals surface area contributed by atoms with E-state index in [0.29, 0.717) is 12.2 Å². The Morgan fingerprint density at radius 1 is 1.37 bits per heavy atom. The molecule has 2 heterocycles. The molecule has 0 spiro atoms. The predicted molar refractivity (Wildman–Crippen MR) is 72.9 cm³/mol. The number of anilines is 1. The van der Waals surface area contributed by atoms with Gasteiger partial charge in [-0.05, 0) is 24.5 Å². The average molecular weight is 264 g/mol. The molecular weight excluding hydrogens is 244 g/mol. The molecule has 1 aromatic heterocycles. The maximum atomic E-state index is 11.2. The number of carbonyl (C=O) groups is 1. The van der Waals surface area contributed by atoms with E-state index in [2.05, 4.69) is 9.88 Å². The lowest BCUT2D eigenvalue weighted by Gasteiger charge is -2.22. The number of nitrogens with zero attached hydrogens (tertiary/aromatic N) is 2. The van der Waals surface area contributed by atoms with Crippen LogP contribution in [0.15, 0.2) is 12.1 Å². The summed E-state index contributed by atoms with van der Waals surface area (Å²) in [7, 11) is 0. The molecule has 0 atom stereocenters. The van der Waals surface area contributed by atoms with Crippen LogP contribution in [0.5, 0.6) is 0 Å². The fourth-order valence-electron chi connectivity index (χ4n) is 2.09. The first kappa shape index (κ1) is 13.8. The number of aromatic nitrogens is 1. The van der Waals surface area contributed by atoms with Crippen LogP contribution in [0.1, 0.15) is 42.2 Å². The molecule has 0 aliphatic carbocycles. The average Bonchev–Trinajstić information content (AvgIpc) is 2.66. The quantitative estimate of drug-likeness (QED) is 0.906. The lowest BCUT2D eigenvalue weighted by Crippen LogP contribution is -2.27. The van der Waals surface area contributed by atoms with Crippen LogP contribution in [0.2, 0.25) is 0 Å². The molecule has 0 aromatic carbocycles. The Labute approximate surface area is 113 Å². The van der Waals surface area contributed by atoms with Gasteiger partial charge >= 0.3 is 5.97 Å². The van der Waals surface area contributed by atoms with E-state index in [-0.39, 0.29) is 5.92 Å².